The lowest BCUT2D eigenvalue weighted by molar-refractivity contribution is 0.0712. The number of piperidine rings is 1. The van der Waals surface area contributed by atoms with Gasteiger partial charge in [0.15, 0.2) is 11.5 Å². The second-order valence-corrected chi connectivity index (χ2v) is 8.52. The van der Waals surface area contributed by atoms with Gasteiger partial charge in [0.05, 0.1) is 5.69 Å². The molecule has 5 rings (SSSR count). The van der Waals surface area contributed by atoms with Gasteiger partial charge in [0.25, 0.3) is 11.8 Å². The summed E-state index contributed by atoms with van der Waals surface area (Å²) in [5.74, 6) is 0.291. The van der Waals surface area contributed by atoms with E-state index in [1.807, 2.05) is 0 Å². The molecule has 3 aromatic rings. The summed E-state index contributed by atoms with van der Waals surface area (Å²) in [6.07, 6.45) is 1.44. The van der Waals surface area contributed by atoms with Crippen molar-refractivity contribution >= 4 is 28.8 Å². The van der Waals surface area contributed by atoms with Gasteiger partial charge >= 0.3 is 0 Å². The summed E-state index contributed by atoms with van der Waals surface area (Å²) < 4.78 is 24.4. The van der Waals surface area contributed by atoms with Gasteiger partial charge in [-0.1, -0.05) is 23.5 Å². The van der Waals surface area contributed by atoms with Crippen molar-refractivity contribution in [3.63, 3.8) is 0 Å². The molecule has 2 amide bonds. The van der Waals surface area contributed by atoms with Crippen LogP contribution >= 0.6 is 11.3 Å². The lowest BCUT2D eigenvalue weighted by Gasteiger charge is -2.31. The van der Waals surface area contributed by atoms with Crippen LogP contribution in [0.5, 0.6) is 11.5 Å². The third-order valence-electron chi connectivity index (χ3n) is 5.51. The van der Waals surface area contributed by atoms with Crippen LogP contribution in [0, 0.1) is 5.82 Å². The van der Waals surface area contributed by atoms with E-state index in [0.717, 1.165) is 17.8 Å². The number of anilines is 1. The molecule has 0 bridgehead atoms. The smallest absolute Gasteiger partial charge is 0.286 e. The van der Waals surface area contributed by atoms with E-state index in [4.69, 9.17) is 9.47 Å². The van der Waals surface area contributed by atoms with Crippen molar-refractivity contribution in [2.75, 3.05) is 25.2 Å². The molecule has 0 atom stereocenters. The average molecular weight is 454 g/mol. The van der Waals surface area contributed by atoms with Crippen molar-refractivity contribution in [3.8, 4) is 11.5 Å². The van der Waals surface area contributed by atoms with Gasteiger partial charge in [0.1, 0.15) is 10.8 Å². The molecule has 2 aliphatic rings. The number of rotatable bonds is 4. The Balaban J connectivity index is 1.19. The Morgan fingerprint density at radius 2 is 1.84 bits per heavy atom. The first-order valence-electron chi connectivity index (χ1n) is 10.2. The first-order valence-corrected chi connectivity index (χ1v) is 11.0. The number of hydrogen-bond donors (Lipinski definition) is 1. The molecule has 164 valence electrons. The molecule has 2 aromatic carbocycles. The van der Waals surface area contributed by atoms with E-state index < -0.39 is 11.7 Å². The highest BCUT2D eigenvalue weighted by molar-refractivity contribution is 7.13. The van der Waals surface area contributed by atoms with Crippen molar-refractivity contribution in [3.05, 3.63) is 63.9 Å². The largest absolute Gasteiger partial charge is 0.454 e. The number of amides is 2. The molecule has 1 N–H and O–H groups in total. The summed E-state index contributed by atoms with van der Waals surface area (Å²) in [5, 5.41) is 11.6. The van der Waals surface area contributed by atoms with Crippen LogP contribution in [-0.4, -0.2) is 46.8 Å². The van der Waals surface area contributed by atoms with Gasteiger partial charge in [-0.05, 0) is 43.2 Å². The summed E-state index contributed by atoms with van der Waals surface area (Å²) in [6, 6.07) is 11.2. The van der Waals surface area contributed by atoms with E-state index in [2.05, 4.69) is 15.5 Å². The number of carbonyl (C=O) groups is 2. The van der Waals surface area contributed by atoms with Crippen LogP contribution in [0.25, 0.3) is 0 Å². The van der Waals surface area contributed by atoms with Crippen LogP contribution < -0.4 is 14.8 Å². The lowest BCUT2D eigenvalue weighted by Crippen LogP contribution is -2.37. The molecule has 10 heteroatoms. The van der Waals surface area contributed by atoms with Gasteiger partial charge in [0.2, 0.25) is 11.8 Å². The van der Waals surface area contributed by atoms with Crippen LogP contribution in [0.2, 0.25) is 0 Å². The molecule has 0 unspecified atom stereocenters. The van der Waals surface area contributed by atoms with Crippen molar-refractivity contribution in [2.45, 2.75) is 18.8 Å². The van der Waals surface area contributed by atoms with Crippen molar-refractivity contribution in [1.29, 1.82) is 0 Å². The fourth-order valence-electron chi connectivity index (χ4n) is 3.77. The van der Waals surface area contributed by atoms with Crippen LogP contribution in [0.3, 0.4) is 0 Å². The number of ether oxygens (including phenoxy) is 2. The second kappa shape index (κ2) is 8.54. The van der Waals surface area contributed by atoms with E-state index >= 15 is 0 Å². The normalized spacial score (nSPS) is 15.6. The van der Waals surface area contributed by atoms with Gasteiger partial charge < -0.3 is 19.7 Å². The number of halogens is 1. The standard InChI is InChI=1S/C22H19FN4O4S/c23-15-3-1-2-4-16(15)24-19(28)21-26-25-20(32-21)13-7-9-27(10-8-13)22(29)14-5-6-17-18(11-14)31-12-30-17/h1-6,11,13H,7-10,12H2,(H,24,28). The Labute approximate surface area is 187 Å². The fraction of sp³-hybridized carbons (Fsp3) is 0.273. The topological polar surface area (TPSA) is 93.7 Å². The molecule has 1 saturated heterocycles. The van der Waals surface area contributed by atoms with Crippen molar-refractivity contribution in [1.82, 2.24) is 15.1 Å². The minimum atomic E-state index is -0.509. The van der Waals surface area contributed by atoms with Gasteiger partial charge in [0, 0.05) is 24.6 Å². The molecule has 2 aliphatic heterocycles. The van der Waals surface area contributed by atoms with Crippen LogP contribution in [0.1, 0.15) is 43.9 Å². The van der Waals surface area contributed by atoms with E-state index in [1.54, 1.807) is 35.2 Å². The van der Waals surface area contributed by atoms with E-state index in [9.17, 15) is 14.0 Å². The quantitative estimate of drug-likeness (QED) is 0.647. The monoisotopic (exact) mass is 454 g/mol. The van der Waals surface area contributed by atoms with Gasteiger partial charge in [-0.2, -0.15) is 0 Å². The van der Waals surface area contributed by atoms with Gasteiger partial charge in [-0.15, -0.1) is 10.2 Å². The Kier molecular flexibility index (Phi) is 5.44. The molecule has 0 spiro atoms. The minimum absolute atomic E-state index is 0.0519. The maximum Gasteiger partial charge on any atom is 0.286 e. The van der Waals surface area contributed by atoms with Gasteiger partial charge in [-0.25, -0.2) is 4.39 Å². The number of hydrogen-bond acceptors (Lipinski definition) is 7. The minimum Gasteiger partial charge on any atom is -0.454 e. The third-order valence-corrected chi connectivity index (χ3v) is 6.59. The molecule has 0 radical (unpaired) electrons. The fourth-order valence-corrected chi connectivity index (χ4v) is 4.68. The number of para-hydroxylation sites is 1. The summed E-state index contributed by atoms with van der Waals surface area (Å²) in [7, 11) is 0. The highest BCUT2D eigenvalue weighted by Gasteiger charge is 2.28. The first-order chi connectivity index (χ1) is 15.6. The Morgan fingerprint density at radius 1 is 1.06 bits per heavy atom. The average Bonchev–Trinajstić information content (AvgIpc) is 3.50. The predicted molar refractivity (Wildman–Crippen MR) is 115 cm³/mol. The first kappa shape index (κ1) is 20.4. The Morgan fingerprint density at radius 3 is 2.66 bits per heavy atom. The maximum absolute atomic E-state index is 13.8. The number of benzene rings is 2. The number of carbonyl (C=O) groups excluding carboxylic acids is 2. The predicted octanol–water partition coefficient (Wildman–Crippen LogP) is 3.68. The Hall–Kier alpha value is -3.53. The zero-order chi connectivity index (χ0) is 22.1. The van der Waals surface area contributed by atoms with Gasteiger partial charge in [-0.3, -0.25) is 9.59 Å². The highest BCUT2D eigenvalue weighted by atomic mass is 32.1. The zero-order valence-corrected chi connectivity index (χ0v) is 17.7. The SMILES string of the molecule is O=C(Nc1ccccc1F)c1nnc(C2CCN(C(=O)c3ccc4c(c3)OCO4)CC2)s1. The Bertz CT molecular complexity index is 1180. The van der Waals surface area contributed by atoms with Crippen molar-refractivity contribution in [2.24, 2.45) is 0 Å². The molecule has 0 saturated carbocycles. The molecule has 32 heavy (non-hydrogen) atoms. The van der Waals surface area contributed by atoms with E-state index in [-0.39, 0.29) is 29.3 Å². The molecular weight excluding hydrogens is 435 g/mol. The second-order valence-electron chi connectivity index (χ2n) is 7.51. The number of fused-ring (bicyclic) bond motifs is 1. The molecule has 0 aliphatic carbocycles. The third kappa shape index (κ3) is 4.01. The van der Waals surface area contributed by atoms with Crippen molar-refractivity contribution < 1.29 is 23.5 Å². The summed E-state index contributed by atoms with van der Waals surface area (Å²) in [6.45, 7) is 1.32. The van der Waals surface area contributed by atoms with E-state index in [1.165, 1.54) is 23.5 Å². The summed E-state index contributed by atoms with van der Waals surface area (Å²) >= 11 is 1.20. The molecular formula is C22H19FN4O4S. The molecule has 8 nitrogen and oxygen atoms in total. The number of nitrogens with zero attached hydrogens (tertiary/aromatic N) is 3. The zero-order valence-electron chi connectivity index (χ0n) is 16.9. The molecule has 3 heterocycles. The molecule has 1 fully saturated rings. The van der Waals surface area contributed by atoms with Crippen LogP contribution in [0.4, 0.5) is 10.1 Å². The summed E-state index contributed by atoms with van der Waals surface area (Å²) in [5.41, 5.74) is 0.667. The summed E-state index contributed by atoms with van der Waals surface area (Å²) in [4.78, 5) is 27.1. The van der Waals surface area contributed by atoms with Crippen LogP contribution in [0.15, 0.2) is 42.5 Å². The highest BCUT2D eigenvalue weighted by Crippen LogP contribution is 2.34. The number of aromatic nitrogens is 2. The van der Waals surface area contributed by atoms with E-state index in [0.29, 0.717) is 30.2 Å². The molecule has 1 aromatic heterocycles. The maximum atomic E-state index is 13.8. The lowest BCUT2D eigenvalue weighted by atomic mass is 9.97. The number of likely N-dealkylation sites (tertiary alicyclic amines) is 1. The van der Waals surface area contributed by atoms with Crippen LogP contribution in [-0.2, 0) is 0 Å². The number of nitrogens with one attached hydrogen (secondary N) is 1.